The van der Waals surface area contributed by atoms with E-state index in [9.17, 15) is 0 Å². The molecular weight excluding hydrogens is 264 g/mol. The number of aryl methyl sites for hydroxylation is 1. The molecule has 112 valence electrons. The fourth-order valence-electron chi connectivity index (χ4n) is 2.43. The van der Waals surface area contributed by atoms with Gasteiger partial charge in [-0.3, -0.25) is 4.98 Å². The summed E-state index contributed by atoms with van der Waals surface area (Å²) in [5.74, 6) is 1.72. The number of ether oxygens (including phenoxy) is 2. The minimum Gasteiger partial charge on any atom is -0.497 e. The Balaban J connectivity index is 2.16. The molecule has 0 spiro atoms. The predicted molar refractivity (Wildman–Crippen MR) is 83.9 cm³/mol. The first kappa shape index (κ1) is 15.3. The van der Waals surface area contributed by atoms with E-state index in [0.717, 1.165) is 29.9 Å². The van der Waals surface area contributed by atoms with E-state index in [-0.39, 0.29) is 6.04 Å². The van der Waals surface area contributed by atoms with Crippen molar-refractivity contribution in [3.05, 3.63) is 53.9 Å². The highest BCUT2D eigenvalue weighted by atomic mass is 16.5. The third-order valence-corrected chi connectivity index (χ3v) is 3.63. The lowest BCUT2D eigenvalue weighted by molar-refractivity contribution is 0.389. The van der Waals surface area contributed by atoms with Gasteiger partial charge < -0.3 is 14.8 Å². The monoisotopic (exact) mass is 286 g/mol. The van der Waals surface area contributed by atoms with Crippen molar-refractivity contribution < 1.29 is 9.47 Å². The van der Waals surface area contributed by atoms with Crippen molar-refractivity contribution >= 4 is 0 Å². The van der Waals surface area contributed by atoms with Crippen LogP contribution >= 0.6 is 0 Å². The van der Waals surface area contributed by atoms with E-state index in [1.54, 1.807) is 14.2 Å². The highest BCUT2D eigenvalue weighted by Crippen LogP contribution is 2.31. The molecule has 1 aromatic heterocycles. The maximum Gasteiger partial charge on any atom is 0.123 e. The molecule has 2 aromatic rings. The number of hydrogen-bond acceptors (Lipinski definition) is 4. The highest BCUT2D eigenvalue weighted by molar-refractivity contribution is 5.42. The molecule has 1 atom stereocenters. The van der Waals surface area contributed by atoms with Gasteiger partial charge in [0.25, 0.3) is 0 Å². The molecule has 2 rings (SSSR count). The van der Waals surface area contributed by atoms with Crippen LogP contribution in [0, 0.1) is 0 Å². The summed E-state index contributed by atoms with van der Waals surface area (Å²) in [5.41, 5.74) is 2.40. The second-order valence-electron chi connectivity index (χ2n) is 4.84. The Kier molecular flexibility index (Phi) is 5.58. The van der Waals surface area contributed by atoms with Gasteiger partial charge in [-0.05, 0) is 55.8 Å². The van der Waals surface area contributed by atoms with Crippen LogP contribution < -0.4 is 14.8 Å². The maximum absolute atomic E-state index is 5.47. The van der Waals surface area contributed by atoms with Gasteiger partial charge in [0, 0.05) is 24.0 Å². The maximum atomic E-state index is 5.47. The number of rotatable bonds is 7. The van der Waals surface area contributed by atoms with Gasteiger partial charge in [0.05, 0.1) is 14.2 Å². The summed E-state index contributed by atoms with van der Waals surface area (Å²) in [5, 5.41) is 3.36. The van der Waals surface area contributed by atoms with Crippen molar-refractivity contribution in [3.63, 3.8) is 0 Å². The molecule has 0 radical (unpaired) electrons. The molecule has 0 aliphatic rings. The summed E-state index contributed by atoms with van der Waals surface area (Å²) >= 11 is 0. The van der Waals surface area contributed by atoms with Gasteiger partial charge in [-0.1, -0.05) is 0 Å². The molecule has 1 unspecified atom stereocenters. The van der Waals surface area contributed by atoms with Crippen molar-refractivity contribution in [1.82, 2.24) is 10.3 Å². The van der Waals surface area contributed by atoms with E-state index in [0.29, 0.717) is 0 Å². The quantitative estimate of drug-likeness (QED) is 0.849. The molecule has 0 aliphatic carbocycles. The zero-order valence-corrected chi connectivity index (χ0v) is 12.8. The van der Waals surface area contributed by atoms with Crippen LogP contribution in [-0.2, 0) is 6.42 Å². The average Bonchev–Trinajstić information content (AvgIpc) is 2.56. The normalized spacial score (nSPS) is 12.0. The first-order valence-corrected chi connectivity index (χ1v) is 7.06. The lowest BCUT2D eigenvalue weighted by Gasteiger charge is -2.20. The highest BCUT2D eigenvalue weighted by Gasteiger charge is 2.15. The number of pyridine rings is 1. The SMILES string of the molecule is CNC(CCc1ccncc1)c1cc(OC)ccc1OC. The lowest BCUT2D eigenvalue weighted by atomic mass is 9.98. The molecule has 1 aromatic carbocycles. The van der Waals surface area contributed by atoms with E-state index in [1.807, 2.05) is 37.6 Å². The Labute approximate surface area is 126 Å². The smallest absolute Gasteiger partial charge is 0.123 e. The van der Waals surface area contributed by atoms with E-state index in [4.69, 9.17) is 9.47 Å². The molecule has 1 heterocycles. The predicted octanol–water partition coefficient (Wildman–Crippen LogP) is 2.99. The second kappa shape index (κ2) is 7.64. The molecule has 4 nitrogen and oxygen atoms in total. The van der Waals surface area contributed by atoms with Crippen LogP contribution in [0.2, 0.25) is 0 Å². The van der Waals surface area contributed by atoms with Crippen LogP contribution in [0.25, 0.3) is 0 Å². The van der Waals surface area contributed by atoms with Crippen molar-refractivity contribution in [1.29, 1.82) is 0 Å². The van der Waals surface area contributed by atoms with Crippen LogP contribution in [0.3, 0.4) is 0 Å². The first-order chi connectivity index (χ1) is 10.3. The summed E-state index contributed by atoms with van der Waals surface area (Å²) < 4.78 is 10.8. The summed E-state index contributed by atoms with van der Waals surface area (Å²) in [7, 11) is 5.34. The second-order valence-corrected chi connectivity index (χ2v) is 4.84. The molecule has 1 N–H and O–H groups in total. The van der Waals surface area contributed by atoms with Gasteiger partial charge in [-0.25, -0.2) is 0 Å². The van der Waals surface area contributed by atoms with E-state index in [1.165, 1.54) is 5.56 Å². The fourth-order valence-corrected chi connectivity index (χ4v) is 2.43. The van der Waals surface area contributed by atoms with Gasteiger partial charge in [0.1, 0.15) is 11.5 Å². The van der Waals surface area contributed by atoms with Crippen molar-refractivity contribution in [2.75, 3.05) is 21.3 Å². The lowest BCUT2D eigenvalue weighted by Crippen LogP contribution is -2.18. The Bertz CT molecular complexity index is 558. The van der Waals surface area contributed by atoms with Gasteiger partial charge in [0.15, 0.2) is 0 Å². The number of methoxy groups -OCH3 is 2. The van der Waals surface area contributed by atoms with Crippen LogP contribution in [0.1, 0.15) is 23.6 Å². The minimum atomic E-state index is 0.211. The third kappa shape index (κ3) is 3.95. The minimum absolute atomic E-state index is 0.211. The van der Waals surface area contributed by atoms with E-state index >= 15 is 0 Å². The number of hydrogen-bond donors (Lipinski definition) is 1. The molecule has 0 saturated carbocycles. The molecule has 0 saturated heterocycles. The van der Waals surface area contributed by atoms with Crippen LogP contribution in [0.15, 0.2) is 42.7 Å². The Morgan fingerprint density at radius 3 is 2.48 bits per heavy atom. The number of nitrogens with zero attached hydrogens (tertiary/aromatic N) is 1. The average molecular weight is 286 g/mol. The summed E-state index contributed by atoms with van der Waals surface area (Å²) in [6.45, 7) is 0. The van der Waals surface area contributed by atoms with Gasteiger partial charge in [-0.15, -0.1) is 0 Å². The number of nitrogens with one attached hydrogen (secondary N) is 1. The molecule has 21 heavy (non-hydrogen) atoms. The van der Waals surface area contributed by atoms with Crippen LogP contribution in [0.5, 0.6) is 11.5 Å². The first-order valence-electron chi connectivity index (χ1n) is 7.06. The van der Waals surface area contributed by atoms with E-state index < -0.39 is 0 Å². The molecule has 0 aliphatic heterocycles. The van der Waals surface area contributed by atoms with Crippen molar-refractivity contribution in [3.8, 4) is 11.5 Å². The van der Waals surface area contributed by atoms with Crippen LogP contribution in [-0.4, -0.2) is 26.3 Å². The number of benzene rings is 1. The molecule has 0 amide bonds. The van der Waals surface area contributed by atoms with Gasteiger partial charge in [0.2, 0.25) is 0 Å². The van der Waals surface area contributed by atoms with Crippen LogP contribution in [0.4, 0.5) is 0 Å². The standard InChI is InChI=1S/C17H22N2O2/c1-18-16(6-4-13-8-10-19-11-9-13)15-12-14(20-2)5-7-17(15)21-3/h5,7-12,16,18H,4,6H2,1-3H3. The summed E-state index contributed by atoms with van der Waals surface area (Å²) in [6.07, 6.45) is 5.62. The zero-order chi connectivity index (χ0) is 15.1. The molecule has 0 fully saturated rings. The third-order valence-electron chi connectivity index (χ3n) is 3.63. The Hall–Kier alpha value is -2.07. The summed E-state index contributed by atoms with van der Waals surface area (Å²) in [6, 6.07) is 10.2. The van der Waals surface area contributed by atoms with E-state index in [2.05, 4.69) is 22.4 Å². The largest absolute Gasteiger partial charge is 0.497 e. The fraction of sp³-hybridized carbons (Fsp3) is 0.353. The van der Waals surface area contributed by atoms with Gasteiger partial charge >= 0.3 is 0 Å². The number of aromatic nitrogens is 1. The molecule has 4 heteroatoms. The molecular formula is C17H22N2O2. The van der Waals surface area contributed by atoms with Gasteiger partial charge in [-0.2, -0.15) is 0 Å². The Morgan fingerprint density at radius 1 is 1.10 bits per heavy atom. The van der Waals surface area contributed by atoms with Crippen molar-refractivity contribution in [2.45, 2.75) is 18.9 Å². The summed E-state index contributed by atoms with van der Waals surface area (Å²) in [4.78, 5) is 4.05. The Morgan fingerprint density at radius 2 is 1.86 bits per heavy atom. The molecule has 0 bridgehead atoms. The van der Waals surface area contributed by atoms with Crippen molar-refractivity contribution in [2.24, 2.45) is 0 Å². The zero-order valence-electron chi connectivity index (χ0n) is 12.8. The topological polar surface area (TPSA) is 43.4 Å².